The number of esters is 1. The van der Waals surface area contributed by atoms with Gasteiger partial charge in [0, 0.05) is 5.02 Å². The Kier molecular flexibility index (Phi) is 5.29. The van der Waals surface area contributed by atoms with Gasteiger partial charge >= 0.3 is 5.97 Å². The van der Waals surface area contributed by atoms with E-state index in [0.717, 1.165) is 12.0 Å². The number of hydrogen-bond donors (Lipinski definition) is 0. The Morgan fingerprint density at radius 3 is 2.76 bits per heavy atom. The van der Waals surface area contributed by atoms with E-state index in [2.05, 4.69) is 0 Å². The van der Waals surface area contributed by atoms with Gasteiger partial charge in [0.05, 0.1) is 6.10 Å². The number of ether oxygens (including phenoxy) is 2. The second kappa shape index (κ2) is 6.50. The van der Waals surface area contributed by atoms with Crippen LogP contribution < -0.4 is 4.74 Å². The van der Waals surface area contributed by atoms with Crippen molar-refractivity contribution in [2.75, 3.05) is 6.61 Å². The second-order valence-corrected chi connectivity index (χ2v) is 4.34. The van der Waals surface area contributed by atoms with E-state index < -0.39 is 0 Å². The van der Waals surface area contributed by atoms with E-state index in [9.17, 15) is 4.79 Å². The van der Waals surface area contributed by atoms with Crippen molar-refractivity contribution < 1.29 is 14.3 Å². The Bertz CT molecular complexity index is 390. The van der Waals surface area contributed by atoms with Crippen molar-refractivity contribution in [1.29, 1.82) is 0 Å². The van der Waals surface area contributed by atoms with E-state index in [1.165, 1.54) is 0 Å². The SMILES string of the molecule is CCC(C)OC(=O)COc1ccc(Cl)cc1C. The number of halogens is 1. The summed E-state index contributed by atoms with van der Waals surface area (Å²) in [5, 5.41) is 0.650. The molecule has 1 aromatic carbocycles. The molecule has 4 heteroatoms. The molecule has 17 heavy (non-hydrogen) atoms. The number of carbonyl (C=O) groups is 1. The maximum Gasteiger partial charge on any atom is 0.344 e. The molecule has 0 aliphatic rings. The maximum atomic E-state index is 11.4. The zero-order chi connectivity index (χ0) is 12.8. The number of rotatable bonds is 5. The lowest BCUT2D eigenvalue weighted by Gasteiger charge is -2.12. The summed E-state index contributed by atoms with van der Waals surface area (Å²) in [5.74, 6) is 0.296. The van der Waals surface area contributed by atoms with Gasteiger partial charge in [-0.3, -0.25) is 0 Å². The Balaban J connectivity index is 2.47. The van der Waals surface area contributed by atoms with Crippen LogP contribution in [0.4, 0.5) is 0 Å². The number of aryl methyl sites for hydroxylation is 1. The molecule has 0 bridgehead atoms. The average Bonchev–Trinajstić information content (AvgIpc) is 2.27. The molecule has 0 spiro atoms. The minimum atomic E-state index is -0.353. The highest BCUT2D eigenvalue weighted by molar-refractivity contribution is 6.30. The molecule has 94 valence electrons. The van der Waals surface area contributed by atoms with Gasteiger partial charge in [0.25, 0.3) is 0 Å². The van der Waals surface area contributed by atoms with Crippen LogP contribution >= 0.6 is 11.6 Å². The van der Waals surface area contributed by atoms with Gasteiger partial charge in [0.2, 0.25) is 0 Å². The molecule has 1 atom stereocenters. The van der Waals surface area contributed by atoms with Crippen LogP contribution in [-0.2, 0) is 9.53 Å². The van der Waals surface area contributed by atoms with E-state index in [4.69, 9.17) is 21.1 Å². The molecule has 0 radical (unpaired) electrons. The van der Waals surface area contributed by atoms with E-state index in [-0.39, 0.29) is 18.7 Å². The number of carbonyl (C=O) groups excluding carboxylic acids is 1. The topological polar surface area (TPSA) is 35.5 Å². The van der Waals surface area contributed by atoms with Crippen LogP contribution in [0.3, 0.4) is 0 Å². The van der Waals surface area contributed by atoms with E-state index in [1.54, 1.807) is 18.2 Å². The van der Waals surface area contributed by atoms with Crippen LogP contribution in [0.25, 0.3) is 0 Å². The second-order valence-electron chi connectivity index (χ2n) is 3.91. The van der Waals surface area contributed by atoms with Crippen molar-refractivity contribution in [1.82, 2.24) is 0 Å². The molecule has 1 aromatic rings. The third-order valence-corrected chi connectivity index (χ3v) is 2.63. The highest BCUT2D eigenvalue weighted by Crippen LogP contribution is 2.21. The van der Waals surface area contributed by atoms with Crippen molar-refractivity contribution in [3.05, 3.63) is 28.8 Å². The molecule has 1 rings (SSSR count). The molecule has 0 aromatic heterocycles. The van der Waals surface area contributed by atoms with Gasteiger partial charge in [-0.2, -0.15) is 0 Å². The maximum absolute atomic E-state index is 11.4. The van der Waals surface area contributed by atoms with Crippen molar-refractivity contribution in [2.45, 2.75) is 33.3 Å². The molecule has 0 saturated carbocycles. The van der Waals surface area contributed by atoms with Crippen molar-refractivity contribution in [3.63, 3.8) is 0 Å². The third kappa shape index (κ3) is 4.65. The summed E-state index contributed by atoms with van der Waals surface area (Å²) in [5.41, 5.74) is 0.897. The molecule has 0 fully saturated rings. The van der Waals surface area contributed by atoms with Crippen LogP contribution in [0.2, 0.25) is 5.02 Å². The minimum absolute atomic E-state index is 0.0718. The Hall–Kier alpha value is -1.22. The molecule has 0 amide bonds. The van der Waals surface area contributed by atoms with Crippen LogP contribution in [0, 0.1) is 6.92 Å². The van der Waals surface area contributed by atoms with E-state index >= 15 is 0 Å². The van der Waals surface area contributed by atoms with Crippen LogP contribution in [-0.4, -0.2) is 18.7 Å². The van der Waals surface area contributed by atoms with E-state index in [0.29, 0.717) is 10.8 Å². The molecule has 3 nitrogen and oxygen atoms in total. The van der Waals surface area contributed by atoms with Gasteiger partial charge in [0.15, 0.2) is 6.61 Å². The number of benzene rings is 1. The molecule has 0 heterocycles. The zero-order valence-corrected chi connectivity index (χ0v) is 11.1. The zero-order valence-electron chi connectivity index (χ0n) is 10.3. The molecular formula is C13H17ClO3. The molecule has 0 aliphatic heterocycles. The summed E-state index contributed by atoms with van der Waals surface area (Å²) in [4.78, 5) is 11.4. The summed E-state index contributed by atoms with van der Waals surface area (Å²) in [6, 6.07) is 5.26. The van der Waals surface area contributed by atoms with Crippen molar-refractivity contribution in [3.8, 4) is 5.75 Å². The Labute approximate surface area is 107 Å². The van der Waals surface area contributed by atoms with Gasteiger partial charge in [-0.25, -0.2) is 4.79 Å². The fourth-order valence-corrected chi connectivity index (χ4v) is 1.48. The largest absolute Gasteiger partial charge is 0.482 e. The lowest BCUT2D eigenvalue weighted by molar-refractivity contribution is -0.150. The predicted octanol–water partition coefficient (Wildman–Crippen LogP) is 3.37. The first-order valence-corrected chi connectivity index (χ1v) is 5.99. The summed E-state index contributed by atoms with van der Waals surface area (Å²) < 4.78 is 10.5. The Morgan fingerprint density at radius 2 is 2.18 bits per heavy atom. The van der Waals surface area contributed by atoms with Gasteiger partial charge in [-0.15, -0.1) is 0 Å². The molecule has 0 N–H and O–H groups in total. The number of hydrogen-bond acceptors (Lipinski definition) is 3. The first-order chi connectivity index (χ1) is 8.02. The molecule has 0 aliphatic carbocycles. The van der Waals surface area contributed by atoms with Crippen LogP contribution in [0.15, 0.2) is 18.2 Å². The third-order valence-electron chi connectivity index (χ3n) is 2.39. The van der Waals surface area contributed by atoms with E-state index in [1.807, 2.05) is 20.8 Å². The fourth-order valence-electron chi connectivity index (χ4n) is 1.25. The summed E-state index contributed by atoms with van der Waals surface area (Å²) in [6.07, 6.45) is 0.725. The van der Waals surface area contributed by atoms with Gasteiger partial charge in [-0.05, 0) is 44.0 Å². The summed E-state index contributed by atoms with van der Waals surface area (Å²) in [7, 11) is 0. The van der Waals surface area contributed by atoms with Gasteiger partial charge in [-0.1, -0.05) is 18.5 Å². The van der Waals surface area contributed by atoms with Crippen molar-refractivity contribution in [2.24, 2.45) is 0 Å². The first kappa shape index (κ1) is 13.8. The van der Waals surface area contributed by atoms with Crippen LogP contribution in [0.5, 0.6) is 5.75 Å². The standard InChI is InChI=1S/C13H17ClO3/c1-4-10(3)17-13(15)8-16-12-6-5-11(14)7-9(12)2/h5-7,10H,4,8H2,1-3H3. The first-order valence-electron chi connectivity index (χ1n) is 5.61. The minimum Gasteiger partial charge on any atom is -0.482 e. The highest BCUT2D eigenvalue weighted by atomic mass is 35.5. The smallest absolute Gasteiger partial charge is 0.344 e. The van der Waals surface area contributed by atoms with Crippen LogP contribution in [0.1, 0.15) is 25.8 Å². The molecule has 0 saturated heterocycles. The Morgan fingerprint density at radius 1 is 1.47 bits per heavy atom. The summed E-state index contributed by atoms with van der Waals surface area (Å²) in [6.45, 7) is 5.61. The fraction of sp³-hybridized carbons (Fsp3) is 0.462. The van der Waals surface area contributed by atoms with Crippen molar-refractivity contribution >= 4 is 17.6 Å². The quantitative estimate of drug-likeness (QED) is 0.758. The monoisotopic (exact) mass is 256 g/mol. The normalized spacial score (nSPS) is 12.0. The predicted molar refractivity (Wildman–Crippen MR) is 67.5 cm³/mol. The van der Waals surface area contributed by atoms with Gasteiger partial charge < -0.3 is 9.47 Å². The summed E-state index contributed by atoms with van der Waals surface area (Å²) >= 11 is 5.82. The average molecular weight is 257 g/mol. The molecule has 1 unspecified atom stereocenters. The lowest BCUT2D eigenvalue weighted by Crippen LogP contribution is -2.20. The lowest BCUT2D eigenvalue weighted by atomic mass is 10.2. The van der Waals surface area contributed by atoms with Gasteiger partial charge in [0.1, 0.15) is 5.75 Å². The molecular weight excluding hydrogens is 240 g/mol. The highest BCUT2D eigenvalue weighted by Gasteiger charge is 2.09.